The van der Waals surface area contributed by atoms with E-state index in [0.29, 0.717) is 11.8 Å². The van der Waals surface area contributed by atoms with E-state index in [1.807, 2.05) is 0 Å². The van der Waals surface area contributed by atoms with Crippen molar-refractivity contribution in [2.24, 2.45) is 17.8 Å². The standard InChI is InChI=1S/C11H18BrClO/c1-7(2)8-4-5-11(3,12)6-9(8)10(13)14/h7-9H,4-6H2,1-3H3. The fourth-order valence-electron chi connectivity index (χ4n) is 2.43. The maximum atomic E-state index is 11.3. The molecule has 3 heteroatoms. The second-order valence-corrected chi connectivity index (χ2v) is 7.26. The van der Waals surface area contributed by atoms with Crippen LogP contribution in [-0.2, 0) is 4.79 Å². The molecule has 1 aliphatic carbocycles. The fraction of sp³-hybridized carbons (Fsp3) is 0.909. The van der Waals surface area contributed by atoms with E-state index in [1.54, 1.807) is 0 Å². The molecule has 0 aromatic heterocycles. The maximum Gasteiger partial charge on any atom is 0.225 e. The molecule has 0 radical (unpaired) electrons. The molecule has 0 aromatic carbocycles. The fourth-order valence-corrected chi connectivity index (χ4v) is 3.24. The molecule has 0 heterocycles. The van der Waals surface area contributed by atoms with E-state index < -0.39 is 0 Å². The third-order valence-corrected chi connectivity index (χ3v) is 4.31. The Morgan fingerprint density at radius 2 is 2.14 bits per heavy atom. The van der Waals surface area contributed by atoms with Gasteiger partial charge in [0.2, 0.25) is 5.24 Å². The van der Waals surface area contributed by atoms with Gasteiger partial charge in [0.1, 0.15) is 0 Å². The molecule has 0 spiro atoms. The third-order valence-electron chi connectivity index (χ3n) is 3.31. The zero-order chi connectivity index (χ0) is 10.9. The Morgan fingerprint density at radius 1 is 1.57 bits per heavy atom. The van der Waals surface area contributed by atoms with Gasteiger partial charge >= 0.3 is 0 Å². The molecule has 14 heavy (non-hydrogen) atoms. The van der Waals surface area contributed by atoms with Crippen LogP contribution in [0.1, 0.15) is 40.0 Å². The van der Waals surface area contributed by atoms with Gasteiger partial charge in [0, 0.05) is 10.2 Å². The smallest absolute Gasteiger partial charge is 0.225 e. The highest BCUT2D eigenvalue weighted by atomic mass is 79.9. The molecule has 3 atom stereocenters. The molecular formula is C11H18BrClO. The van der Waals surface area contributed by atoms with Gasteiger partial charge in [-0.2, -0.15) is 0 Å². The van der Waals surface area contributed by atoms with Crippen molar-refractivity contribution < 1.29 is 4.79 Å². The SMILES string of the molecule is CC(C)C1CCC(C)(Br)CC1C(=O)Cl. The lowest BCUT2D eigenvalue weighted by molar-refractivity contribution is -0.118. The van der Waals surface area contributed by atoms with E-state index in [-0.39, 0.29) is 15.5 Å². The van der Waals surface area contributed by atoms with Crippen molar-refractivity contribution in [2.75, 3.05) is 0 Å². The van der Waals surface area contributed by atoms with Crippen molar-refractivity contribution in [3.8, 4) is 0 Å². The van der Waals surface area contributed by atoms with E-state index in [9.17, 15) is 4.79 Å². The van der Waals surface area contributed by atoms with Gasteiger partial charge in [-0.3, -0.25) is 4.79 Å². The summed E-state index contributed by atoms with van der Waals surface area (Å²) in [6.07, 6.45) is 3.11. The zero-order valence-corrected chi connectivity index (χ0v) is 11.4. The van der Waals surface area contributed by atoms with Gasteiger partial charge in [-0.25, -0.2) is 0 Å². The quantitative estimate of drug-likeness (QED) is 0.553. The Kier molecular flexibility index (Phi) is 4.04. The molecule has 1 nitrogen and oxygen atoms in total. The van der Waals surface area contributed by atoms with Crippen LogP contribution in [0.15, 0.2) is 0 Å². The third kappa shape index (κ3) is 2.96. The summed E-state index contributed by atoms with van der Waals surface area (Å²) in [7, 11) is 0. The van der Waals surface area contributed by atoms with Gasteiger partial charge in [-0.05, 0) is 49.6 Å². The summed E-state index contributed by atoms with van der Waals surface area (Å²) in [4.78, 5) is 11.3. The highest BCUT2D eigenvalue weighted by Gasteiger charge is 2.40. The lowest BCUT2D eigenvalue weighted by atomic mass is 9.70. The number of carbonyl (C=O) groups is 1. The topological polar surface area (TPSA) is 17.1 Å². The normalized spacial score (nSPS) is 38.7. The molecule has 0 saturated heterocycles. The molecule has 0 aliphatic heterocycles. The van der Waals surface area contributed by atoms with Crippen LogP contribution in [0.2, 0.25) is 0 Å². The van der Waals surface area contributed by atoms with Crippen molar-refractivity contribution in [2.45, 2.75) is 44.4 Å². The maximum absolute atomic E-state index is 11.3. The zero-order valence-electron chi connectivity index (χ0n) is 9.02. The van der Waals surface area contributed by atoms with E-state index >= 15 is 0 Å². The Labute approximate surface area is 99.7 Å². The van der Waals surface area contributed by atoms with Crippen LogP contribution in [0.5, 0.6) is 0 Å². The molecule has 0 bridgehead atoms. The van der Waals surface area contributed by atoms with Gasteiger partial charge in [-0.15, -0.1) is 0 Å². The molecule has 1 fully saturated rings. The predicted molar refractivity (Wildman–Crippen MR) is 63.9 cm³/mol. The summed E-state index contributed by atoms with van der Waals surface area (Å²) in [6, 6.07) is 0. The minimum atomic E-state index is -0.158. The molecule has 0 amide bonds. The van der Waals surface area contributed by atoms with E-state index in [4.69, 9.17) is 11.6 Å². The van der Waals surface area contributed by atoms with Gasteiger partial charge in [0.25, 0.3) is 0 Å². The van der Waals surface area contributed by atoms with Crippen molar-refractivity contribution in [3.05, 3.63) is 0 Å². The highest BCUT2D eigenvalue weighted by Crippen LogP contribution is 2.45. The first kappa shape index (κ1) is 12.5. The molecule has 0 N–H and O–H groups in total. The summed E-state index contributed by atoms with van der Waals surface area (Å²) in [6.45, 7) is 6.50. The first-order chi connectivity index (χ1) is 6.33. The van der Waals surface area contributed by atoms with Gasteiger partial charge in [0.15, 0.2) is 0 Å². The number of halogens is 2. The first-order valence-corrected chi connectivity index (χ1v) is 6.39. The molecule has 1 saturated carbocycles. The van der Waals surface area contributed by atoms with Crippen LogP contribution in [0, 0.1) is 17.8 Å². The summed E-state index contributed by atoms with van der Waals surface area (Å²) in [5.41, 5.74) is 0. The number of rotatable bonds is 2. The van der Waals surface area contributed by atoms with Crippen LogP contribution in [0.3, 0.4) is 0 Å². The average molecular weight is 282 g/mol. The first-order valence-electron chi connectivity index (χ1n) is 5.22. The Bertz CT molecular complexity index is 225. The van der Waals surface area contributed by atoms with Crippen molar-refractivity contribution in [1.82, 2.24) is 0 Å². The van der Waals surface area contributed by atoms with Crippen molar-refractivity contribution in [3.63, 3.8) is 0 Å². The Morgan fingerprint density at radius 3 is 2.57 bits per heavy atom. The Hall–Kier alpha value is 0.440. The van der Waals surface area contributed by atoms with E-state index in [1.165, 1.54) is 0 Å². The molecular weight excluding hydrogens is 263 g/mol. The number of alkyl halides is 1. The van der Waals surface area contributed by atoms with Crippen LogP contribution in [0.25, 0.3) is 0 Å². The molecule has 1 rings (SSSR count). The molecule has 3 unspecified atom stereocenters. The second-order valence-electron chi connectivity index (χ2n) is 4.97. The largest absolute Gasteiger partial charge is 0.281 e. The van der Waals surface area contributed by atoms with E-state index in [0.717, 1.165) is 19.3 Å². The molecule has 82 valence electrons. The van der Waals surface area contributed by atoms with Gasteiger partial charge in [0.05, 0.1) is 0 Å². The van der Waals surface area contributed by atoms with Gasteiger partial charge in [-0.1, -0.05) is 29.8 Å². The number of hydrogen-bond donors (Lipinski definition) is 0. The number of carbonyl (C=O) groups excluding carboxylic acids is 1. The van der Waals surface area contributed by atoms with Crippen LogP contribution in [-0.4, -0.2) is 9.57 Å². The van der Waals surface area contributed by atoms with Crippen molar-refractivity contribution in [1.29, 1.82) is 0 Å². The van der Waals surface area contributed by atoms with E-state index in [2.05, 4.69) is 36.7 Å². The summed E-state index contributed by atoms with van der Waals surface area (Å²) < 4.78 is 0.105. The monoisotopic (exact) mass is 280 g/mol. The van der Waals surface area contributed by atoms with Crippen LogP contribution in [0.4, 0.5) is 0 Å². The summed E-state index contributed by atoms with van der Waals surface area (Å²) in [5, 5.41) is -0.158. The lowest BCUT2D eigenvalue weighted by Gasteiger charge is -2.39. The summed E-state index contributed by atoms with van der Waals surface area (Å²) in [5.74, 6) is 1.05. The Balaban J connectivity index is 2.76. The van der Waals surface area contributed by atoms with Crippen molar-refractivity contribution >= 4 is 32.8 Å². The minimum Gasteiger partial charge on any atom is -0.281 e. The lowest BCUT2D eigenvalue weighted by Crippen LogP contribution is -2.37. The van der Waals surface area contributed by atoms with Crippen LogP contribution >= 0.6 is 27.5 Å². The minimum absolute atomic E-state index is 0.0368. The molecule has 1 aliphatic rings. The number of hydrogen-bond acceptors (Lipinski definition) is 1. The summed E-state index contributed by atoms with van der Waals surface area (Å²) >= 11 is 9.33. The van der Waals surface area contributed by atoms with Gasteiger partial charge < -0.3 is 0 Å². The second kappa shape index (κ2) is 4.52. The highest BCUT2D eigenvalue weighted by molar-refractivity contribution is 9.10. The van der Waals surface area contributed by atoms with Crippen LogP contribution < -0.4 is 0 Å². The molecule has 0 aromatic rings. The predicted octanol–water partition coefficient (Wildman–Crippen LogP) is 3.98. The average Bonchev–Trinajstić information content (AvgIpc) is 2.01.